The van der Waals surface area contributed by atoms with Crippen molar-refractivity contribution in [1.82, 2.24) is 15.6 Å². The van der Waals surface area contributed by atoms with E-state index in [2.05, 4.69) is 15.6 Å². The quantitative estimate of drug-likeness (QED) is 0.643. The minimum Gasteiger partial charge on any atom is -0.396 e. The fraction of sp³-hybridized carbons (Fsp3) is 0.750. The molecule has 1 aliphatic carbocycles. The summed E-state index contributed by atoms with van der Waals surface area (Å²) in [7, 11) is 0. The Bertz CT molecular complexity index is 497. The number of aromatic nitrogens is 1. The molecule has 1 atom stereocenters. The maximum Gasteiger partial charge on any atom is 0.315 e. The molecule has 22 heavy (non-hydrogen) atoms. The van der Waals surface area contributed by atoms with Gasteiger partial charge in [-0.25, -0.2) is 9.78 Å². The summed E-state index contributed by atoms with van der Waals surface area (Å²) < 4.78 is 0. The third-order valence-electron chi connectivity index (χ3n) is 4.03. The van der Waals surface area contributed by atoms with E-state index < -0.39 is 0 Å². The highest BCUT2D eigenvalue weighted by molar-refractivity contribution is 7.09. The van der Waals surface area contributed by atoms with E-state index in [1.54, 1.807) is 11.3 Å². The molecule has 1 aromatic heterocycles. The van der Waals surface area contributed by atoms with Crippen molar-refractivity contribution in [2.24, 2.45) is 11.3 Å². The molecule has 0 aromatic carbocycles. The Hall–Kier alpha value is -1.14. The molecule has 0 radical (unpaired) electrons. The molecule has 1 aromatic rings. The van der Waals surface area contributed by atoms with Gasteiger partial charge in [0.2, 0.25) is 0 Å². The summed E-state index contributed by atoms with van der Waals surface area (Å²) in [5.74, 6) is 0.532. The number of carbonyl (C=O) groups is 1. The van der Waals surface area contributed by atoms with Crippen LogP contribution < -0.4 is 10.6 Å². The minimum atomic E-state index is -0.119. The number of aliphatic hydroxyl groups is 1. The van der Waals surface area contributed by atoms with E-state index >= 15 is 0 Å². The van der Waals surface area contributed by atoms with Crippen molar-refractivity contribution < 1.29 is 9.90 Å². The molecule has 1 aliphatic rings. The molecule has 1 unspecified atom stereocenters. The second kappa shape index (κ2) is 7.42. The Balaban J connectivity index is 1.75. The molecule has 1 saturated carbocycles. The van der Waals surface area contributed by atoms with E-state index in [1.807, 2.05) is 26.2 Å². The summed E-state index contributed by atoms with van der Waals surface area (Å²) in [6.45, 7) is 6.84. The smallest absolute Gasteiger partial charge is 0.315 e. The Morgan fingerprint density at radius 3 is 2.82 bits per heavy atom. The number of aliphatic hydroxyl groups excluding tert-OH is 1. The summed E-state index contributed by atoms with van der Waals surface area (Å²) >= 11 is 1.62. The molecule has 0 spiro atoms. The van der Waals surface area contributed by atoms with Crippen LogP contribution in [0.4, 0.5) is 4.79 Å². The highest BCUT2D eigenvalue weighted by atomic mass is 32.1. The molecule has 0 bridgehead atoms. The molecule has 124 valence electrons. The Kier molecular flexibility index (Phi) is 5.81. The van der Waals surface area contributed by atoms with Gasteiger partial charge in [0.25, 0.3) is 0 Å². The van der Waals surface area contributed by atoms with E-state index in [1.165, 1.54) is 0 Å². The van der Waals surface area contributed by atoms with Crippen molar-refractivity contribution in [3.63, 3.8) is 0 Å². The van der Waals surface area contributed by atoms with Crippen LogP contribution in [-0.4, -0.2) is 29.3 Å². The maximum absolute atomic E-state index is 12.1. The van der Waals surface area contributed by atoms with Crippen LogP contribution in [0.15, 0.2) is 5.38 Å². The first-order valence-corrected chi connectivity index (χ1v) is 8.86. The summed E-state index contributed by atoms with van der Waals surface area (Å²) in [5.41, 5.74) is 0.937. The van der Waals surface area contributed by atoms with Crippen LogP contribution in [0.2, 0.25) is 0 Å². The van der Waals surface area contributed by atoms with E-state index in [0.29, 0.717) is 12.5 Å². The lowest BCUT2D eigenvalue weighted by Gasteiger charge is -2.21. The summed E-state index contributed by atoms with van der Waals surface area (Å²) in [4.78, 5) is 16.6. The van der Waals surface area contributed by atoms with Crippen molar-refractivity contribution in [3.05, 3.63) is 16.1 Å². The van der Waals surface area contributed by atoms with Gasteiger partial charge in [0, 0.05) is 24.2 Å². The molecule has 6 heteroatoms. The maximum atomic E-state index is 12.1. The average molecular weight is 325 g/mol. The van der Waals surface area contributed by atoms with Gasteiger partial charge in [-0.3, -0.25) is 0 Å². The van der Waals surface area contributed by atoms with Gasteiger partial charge in [-0.15, -0.1) is 11.3 Å². The molecule has 2 amide bonds. The predicted molar refractivity (Wildman–Crippen MR) is 89.0 cm³/mol. The highest BCUT2D eigenvalue weighted by Gasteiger charge is 2.35. The number of thiazole rings is 1. The Morgan fingerprint density at radius 1 is 1.55 bits per heavy atom. The standard InChI is InChI=1S/C16H27N3O2S/c1-11-9-22-14(18-11)13(12-5-6-12)19-15(21)17-8-4-7-16(2,3)10-20/h9,12-13,20H,4-8,10H2,1-3H3,(H2,17,19,21). The first-order chi connectivity index (χ1) is 10.4. The second-order valence-electron chi connectivity index (χ2n) is 6.97. The Morgan fingerprint density at radius 2 is 2.27 bits per heavy atom. The topological polar surface area (TPSA) is 74.2 Å². The van der Waals surface area contributed by atoms with Gasteiger partial charge in [0.05, 0.1) is 6.04 Å². The monoisotopic (exact) mass is 325 g/mol. The largest absolute Gasteiger partial charge is 0.396 e. The lowest BCUT2D eigenvalue weighted by Crippen LogP contribution is -2.39. The van der Waals surface area contributed by atoms with Gasteiger partial charge in [0.1, 0.15) is 5.01 Å². The van der Waals surface area contributed by atoms with Gasteiger partial charge in [-0.2, -0.15) is 0 Å². The number of nitrogens with one attached hydrogen (secondary N) is 2. The van der Waals surface area contributed by atoms with Crippen LogP contribution in [0.3, 0.4) is 0 Å². The molecular weight excluding hydrogens is 298 g/mol. The SMILES string of the molecule is Cc1csc(C(NC(=O)NCCCC(C)(C)CO)C2CC2)n1. The zero-order chi connectivity index (χ0) is 16.2. The number of carbonyl (C=O) groups excluding carboxylic acids is 1. The molecule has 2 rings (SSSR count). The number of hydrogen-bond acceptors (Lipinski definition) is 4. The highest BCUT2D eigenvalue weighted by Crippen LogP contribution is 2.41. The van der Waals surface area contributed by atoms with Gasteiger partial charge in [-0.05, 0) is 43.9 Å². The number of urea groups is 1. The van der Waals surface area contributed by atoms with Gasteiger partial charge >= 0.3 is 6.03 Å². The number of nitrogens with zero attached hydrogens (tertiary/aromatic N) is 1. The number of rotatable bonds is 8. The summed E-state index contributed by atoms with van der Waals surface area (Å²) in [6, 6.07) is -0.0702. The summed E-state index contributed by atoms with van der Waals surface area (Å²) in [6.07, 6.45) is 4.08. The molecular formula is C16H27N3O2S. The van der Waals surface area contributed by atoms with Crippen LogP contribution in [0, 0.1) is 18.3 Å². The van der Waals surface area contributed by atoms with E-state index in [9.17, 15) is 9.90 Å². The van der Waals surface area contributed by atoms with E-state index in [4.69, 9.17) is 0 Å². The molecule has 0 saturated heterocycles. The molecule has 3 N–H and O–H groups in total. The molecule has 1 heterocycles. The van der Waals surface area contributed by atoms with Crippen molar-refractivity contribution in [2.45, 2.75) is 52.5 Å². The third kappa shape index (κ3) is 5.25. The number of amides is 2. The fourth-order valence-electron chi connectivity index (χ4n) is 2.37. The molecule has 5 nitrogen and oxygen atoms in total. The number of hydrogen-bond donors (Lipinski definition) is 3. The predicted octanol–water partition coefficient (Wildman–Crippen LogP) is 3.00. The minimum absolute atomic E-state index is 0.0487. The van der Waals surface area contributed by atoms with Crippen molar-refractivity contribution in [2.75, 3.05) is 13.2 Å². The lowest BCUT2D eigenvalue weighted by molar-refractivity contribution is 0.148. The average Bonchev–Trinajstić information content (AvgIpc) is 3.23. The first kappa shape index (κ1) is 17.2. The fourth-order valence-corrected chi connectivity index (χ4v) is 3.30. The summed E-state index contributed by atoms with van der Waals surface area (Å²) in [5, 5.41) is 18.2. The van der Waals surface area contributed by atoms with Crippen LogP contribution in [0.5, 0.6) is 0 Å². The van der Waals surface area contributed by atoms with E-state index in [0.717, 1.165) is 36.4 Å². The lowest BCUT2D eigenvalue weighted by atomic mass is 9.89. The molecule has 1 fully saturated rings. The van der Waals surface area contributed by atoms with Crippen LogP contribution in [0.25, 0.3) is 0 Å². The van der Waals surface area contributed by atoms with Crippen LogP contribution >= 0.6 is 11.3 Å². The third-order valence-corrected chi connectivity index (χ3v) is 5.07. The van der Waals surface area contributed by atoms with Gasteiger partial charge in [0.15, 0.2) is 0 Å². The van der Waals surface area contributed by atoms with Crippen molar-refractivity contribution in [1.29, 1.82) is 0 Å². The first-order valence-electron chi connectivity index (χ1n) is 7.98. The zero-order valence-electron chi connectivity index (χ0n) is 13.7. The van der Waals surface area contributed by atoms with Gasteiger partial charge < -0.3 is 15.7 Å². The molecule has 0 aliphatic heterocycles. The van der Waals surface area contributed by atoms with Gasteiger partial charge in [-0.1, -0.05) is 13.8 Å². The van der Waals surface area contributed by atoms with Crippen molar-refractivity contribution >= 4 is 17.4 Å². The van der Waals surface area contributed by atoms with Crippen LogP contribution in [0.1, 0.15) is 56.3 Å². The van der Waals surface area contributed by atoms with E-state index in [-0.39, 0.29) is 24.1 Å². The van der Waals surface area contributed by atoms with Crippen molar-refractivity contribution in [3.8, 4) is 0 Å². The normalized spacial score (nSPS) is 16.4. The zero-order valence-corrected chi connectivity index (χ0v) is 14.5. The Labute approximate surface area is 136 Å². The number of aryl methyl sites for hydroxylation is 1. The van der Waals surface area contributed by atoms with Crippen LogP contribution in [-0.2, 0) is 0 Å². The second-order valence-corrected chi connectivity index (χ2v) is 7.86.